The lowest BCUT2D eigenvalue weighted by Crippen LogP contribution is -2.27. The van der Waals surface area contributed by atoms with Crippen molar-refractivity contribution in [3.05, 3.63) is 35.4 Å². The maximum atomic E-state index is 11.9. The number of hydrogen-bond acceptors (Lipinski definition) is 4. The summed E-state index contributed by atoms with van der Waals surface area (Å²) in [4.78, 5) is 14.3. The van der Waals surface area contributed by atoms with Gasteiger partial charge in [-0.05, 0) is 36.6 Å². The number of methoxy groups -OCH3 is 1. The second-order valence-corrected chi connectivity index (χ2v) is 5.50. The van der Waals surface area contributed by atoms with Gasteiger partial charge in [-0.3, -0.25) is 4.79 Å². The molecule has 0 saturated heterocycles. The Morgan fingerprint density at radius 3 is 2.38 bits per heavy atom. The molecule has 0 aliphatic rings. The van der Waals surface area contributed by atoms with E-state index in [2.05, 4.69) is 24.1 Å². The Kier molecular flexibility index (Phi) is 9.25. The van der Waals surface area contributed by atoms with Crippen LogP contribution in [0.4, 0.5) is 5.69 Å². The number of anilines is 1. The molecule has 0 radical (unpaired) electrons. The molecule has 0 aliphatic heterocycles. The fraction of sp³-hybridized carbons (Fsp3) is 0.474. The molecule has 5 heteroatoms. The molecule has 1 aromatic carbocycles. The van der Waals surface area contributed by atoms with Crippen LogP contribution in [0.1, 0.15) is 32.3 Å². The zero-order valence-electron chi connectivity index (χ0n) is 14.8. The van der Waals surface area contributed by atoms with Crippen molar-refractivity contribution in [3.8, 4) is 6.07 Å². The van der Waals surface area contributed by atoms with E-state index in [0.29, 0.717) is 13.2 Å². The maximum absolute atomic E-state index is 11.9. The van der Waals surface area contributed by atoms with Crippen molar-refractivity contribution in [1.82, 2.24) is 5.32 Å². The second kappa shape index (κ2) is 11.3. The van der Waals surface area contributed by atoms with Crippen molar-refractivity contribution in [1.29, 1.82) is 5.26 Å². The summed E-state index contributed by atoms with van der Waals surface area (Å²) in [5, 5.41) is 11.8. The van der Waals surface area contributed by atoms with Crippen LogP contribution in [0, 0.1) is 11.3 Å². The average molecular weight is 329 g/mol. The van der Waals surface area contributed by atoms with Crippen LogP contribution in [-0.2, 0) is 9.53 Å². The molecule has 0 saturated carbocycles. The molecule has 0 bridgehead atoms. The van der Waals surface area contributed by atoms with Gasteiger partial charge in [-0.15, -0.1) is 0 Å². The fourth-order valence-corrected chi connectivity index (χ4v) is 2.37. The summed E-state index contributed by atoms with van der Waals surface area (Å²) in [7, 11) is 1.56. The third kappa shape index (κ3) is 6.43. The van der Waals surface area contributed by atoms with Crippen molar-refractivity contribution in [2.24, 2.45) is 0 Å². The van der Waals surface area contributed by atoms with Gasteiger partial charge in [0.2, 0.25) is 0 Å². The van der Waals surface area contributed by atoms with Crippen molar-refractivity contribution in [2.75, 3.05) is 38.3 Å². The molecule has 0 heterocycles. The van der Waals surface area contributed by atoms with Gasteiger partial charge in [0.15, 0.2) is 0 Å². The normalized spacial score (nSPS) is 11.0. The lowest BCUT2D eigenvalue weighted by atomic mass is 10.1. The van der Waals surface area contributed by atoms with Gasteiger partial charge in [0, 0.05) is 32.4 Å². The lowest BCUT2D eigenvalue weighted by molar-refractivity contribution is -0.117. The average Bonchev–Trinajstić information content (AvgIpc) is 2.60. The number of amides is 1. The SMILES string of the molecule is CCCN(CCC)c1ccc(/C=C(\C#N)C(=O)NCCOC)cc1. The molecule has 0 spiro atoms. The first-order valence-corrected chi connectivity index (χ1v) is 8.40. The quantitative estimate of drug-likeness (QED) is 0.407. The molecule has 130 valence electrons. The Morgan fingerprint density at radius 1 is 1.25 bits per heavy atom. The Labute approximate surface area is 144 Å². The molecular weight excluding hydrogens is 302 g/mol. The van der Waals surface area contributed by atoms with E-state index in [1.165, 1.54) is 5.69 Å². The van der Waals surface area contributed by atoms with Crippen molar-refractivity contribution in [3.63, 3.8) is 0 Å². The first-order chi connectivity index (χ1) is 11.7. The minimum atomic E-state index is -0.378. The van der Waals surface area contributed by atoms with Gasteiger partial charge in [0.05, 0.1) is 6.61 Å². The fourth-order valence-electron chi connectivity index (χ4n) is 2.37. The molecule has 1 aromatic rings. The topological polar surface area (TPSA) is 65.4 Å². The number of rotatable bonds is 10. The highest BCUT2D eigenvalue weighted by atomic mass is 16.5. The Morgan fingerprint density at radius 2 is 1.88 bits per heavy atom. The smallest absolute Gasteiger partial charge is 0.262 e. The highest BCUT2D eigenvalue weighted by Crippen LogP contribution is 2.17. The zero-order valence-corrected chi connectivity index (χ0v) is 14.8. The molecule has 24 heavy (non-hydrogen) atoms. The first-order valence-electron chi connectivity index (χ1n) is 8.40. The summed E-state index contributed by atoms with van der Waals surface area (Å²) in [5.74, 6) is -0.378. The zero-order chi connectivity index (χ0) is 17.8. The molecule has 0 atom stereocenters. The van der Waals surface area contributed by atoms with Gasteiger partial charge < -0.3 is 15.0 Å². The first kappa shape index (κ1) is 19.7. The van der Waals surface area contributed by atoms with E-state index in [1.54, 1.807) is 13.2 Å². The van der Waals surface area contributed by atoms with Crippen LogP contribution in [0.2, 0.25) is 0 Å². The molecule has 1 rings (SSSR count). The number of nitrogens with one attached hydrogen (secondary N) is 1. The molecule has 0 fully saturated rings. The maximum Gasteiger partial charge on any atom is 0.262 e. The summed E-state index contributed by atoms with van der Waals surface area (Å²) >= 11 is 0. The Bertz CT molecular complexity index is 567. The highest BCUT2D eigenvalue weighted by Gasteiger charge is 2.09. The van der Waals surface area contributed by atoms with Crippen LogP contribution < -0.4 is 10.2 Å². The number of carbonyl (C=O) groups excluding carboxylic acids is 1. The standard InChI is InChI=1S/C19H27N3O2/c1-4-11-22(12-5-2)18-8-6-16(7-9-18)14-17(15-20)19(23)21-10-13-24-3/h6-9,14H,4-5,10-13H2,1-3H3,(H,21,23)/b17-14+. The lowest BCUT2D eigenvalue weighted by Gasteiger charge is -2.23. The number of hydrogen-bond donors (Lipinski definition) is 1. The van der Waals surface area contributed by atoms with E-state index in [-0.39, 0.29) is 11.5 Å². The van der Waals surface area contributed by atoms with Crippen molar-refractivity contribution >= 4 is 17.7 Å². The van der Waals surface area contributed by atoms with E-state index in [4.69, 9.17) is 4.74 Å². The van der Waals surface area contributed by atoms with Crippen LogP contribution >= 0.6 is 0 Å². The molecule has 0 aromatic heterocycles. The van der Waals surface area contributed by atoms with Crippen LogP contribution in [0.15, 0.2) is 29.8 Å². The van der Waals surface area contributed by atoms with Crippen LogP contribution in [0.5, 0.6) is 0 Å². The minimum Gasteiger partial charge on any atom is -0.383 e. The molecular formula is C19H27N3O2. The molecule has 5 nitrogen and oxygen atoms in total. The van der Waals surface area contributed by atoms with E-state index >= 15 is 0 Å². The number of nitriles is 1. The van der Waals surface area contributed by atoms with Crippen molar-refractivity contribution < 1.29 is 9.53 Å². The van der Waals surface area contributed by atoms with E-state index in [1.807, 2.05) is 30.3 Å². The number of carbonyl (C=O) groups is 1. The molecule has 1 N–H and O–H groups in total. The van der Waals surface area contributed by atoms with Gasteiger partial charge in [-0.25, -0.2) is 0 Å². The third-order valence-electron chi connectivity index (χ3n) is 3.51. The summed E-state index contributed by atoms with van der Waals surface area (Å²) in [5.41, 5.74) is 2.10. The van der Waals surface area contributed by atoms with Crippen LogP contribution in [0.3, 0.4) is 0 Å². The van der Waals surface area contributed by atoms with Crippen molar-refractivity contribution in [2.45, 2.75) is 26.7 Å². The third-order valence-corrected chi connectivity index (χ3v) is 3.51. The van der Waals surface area contributed by atoms with Gasteiger partial charge in [-0.2, -0.15) is 5.26 Å². The van der Waals surface area contributed by atoms with Gasteiger partial charge in [0.1, 0.15) is 11.6 Å². The molecule has 1 amide bonds. The monoisotopic (exact) mass is 329 g/mol. The van der Waals surface area contributed by atoms with Crippen LogP contribution in [0.25, 0.3) is 6.08 Å². The molecule has 0 unspecified atom stereocenters. The number of nitrogens with zero attached hydrogens (tertiary/aromatic N) is 2. The number of benzene rings is 1. The Hall–Kier alpha value is -2.32. The van der Waals surface area contributed by atoms with E-state index in [9.17, 15) is 10.1 Å². The largest absolute Gasteiger partial charge is 0.383 e. The predicted molar refractivity (Wildman–Crippen MR) is 97.7 cm³/mol. The Balaban J connectivity index is 2.82. The van der Waals surface area contributed by atoms with E-state index < -0.39 is 0 Å². The van der Waals surface area contributed by atoms with Gasteiger partial charge in [0.25, 0.3) is 5.91 Å². The molecule has 0 aliphatic carbocycles. The highest BCUT2D eigenvalue weighted by molar-refractivity contribution is 6.01. The summed E-state index contributed by atoms with van der Waals surface area (Å²) in [6.07, 6.45) is 3.81. The summed E-state index contributed by atoms with van der Waals surface area (Å²) in [6, 6.07) is 9.90. The number of ether oxygens (including phenoxy) is 1. The predicted octanol–water partition coefficient (Wildman–Crippen LogP) is 2.98. The summed E-state index contributed by atoms with van der Waals surface area (Å²) in [6.45, 7) is 7.19. The van der Waals surface area contributed by atoms with Crippen LogP contribution in [-0.4, -0.2) is 39.3 Å². The minimum absolute atomic E-state index is 0.0952. The van der Waals surface area contributed by atoms with E-state index in [0.717, 1.165) is 31.5 Å². The second-order valence-electron chi connectivity index (χ2n) is 5.50. The van der Waals surface area contributed by atoms with Gasteiger partial charge >= 0.3 is 0 Å². The van der Waals surface area contributed by atoms with Gasteiger partial charge in [-0.1, -0.05) is 26.0 Å². The summed E-state index contributed by atoms with van der Waals surface area (Å²) < 4.78 is 4.88.